The second-order valence-electron chi connectivity index (χ2n) is 9.29. The third kappa shape index (κ3) is 4.85. The lowest BCUT2D eigenvalue weighted by molar-refractivity contribution is -0.137. The molecule has 11 heteroatoms. The van der Waals surface area contributed by atoms with Crippen LogP contribution < -0.4 is 15.5 Å². The van der Waals surface area contributed by atoms with E-state index in [1.165, 1.54) is 6.07 Å². The van der Waals surface area contributed by atoms with Crippen molar-refractivity contribution in [3.8, 4) is 11.3 Å². The standard InChI is InChI=1S/C25H26F3N7S/c1-14-19(6-7-21(30-14)35(3)17-8-9-34(2)13-17)32-24-29-12-15-10-22(36)31-20-11-16(25(26,27)28)4-5-18(20)23(15)33-24/h4-7,11-12,17H,8-10,13H2,1-3H3,(H,31,36)(H,29,32,33). The molecule has 2 aliphatic heterocycles. The van der Waals surface area contributed by atoms with Crippen molar-refractivity contribution in [3.63, 3.8) is 0 Å². The third-order valence-electron chi connectivity index (χ3n) is 6.68. The Morgan fingerprint density at radius 3 is 2.69 bits per heavy atom. The van der Waals surface area contributed by atoms with Crippen LogP contribution in [-0.4, -0.2) is 58.1 Å². The molecule has 7 nitrogen and oxygen atoms in total. The molecule has 4 heterocycles. The molecule has 0 saturated carbocycles. The summed E-state index contributed by atoms with van der Waals surface area (Å²) < 4.78 is 39.8. The number of aromatic nitrogens is 3. The minimum Gasteiger partial charge on any atom is -0.355 e. The number of nitrogens with zero attached hydrogens (tertiary/aromatic N) is 5. The van der Waals surface area contributed by atoms with Gasteiger partial charge in [-0.05, 0) is 51.2 Å². The van der Waals surface area contributed by atoms with Crippen LogP contribution in [0, 0.1) is 6.92 Å². The number of benzene rings is 1. The summed E-state index contributed by atoms with van der Waals surface area (Å²) in [6, 6.07) is 7.88. The first-order valence-electron chi connectivity index (χ1n) is 11.6. The molecule has 1 atom stereocenters. The summed E-state index contributed by atoms with van der Waals surface area (Å²) in [5.74, 6) is 1.23. The number of aryl methyl sites for hydroxylation is 1. The Morgan fingerprint density at radius 1 is 1.19 bits per heavy atom. The van der Waals surface area contributed by atoms with Gasteiger partial charge in [0.15, 0.2) is 0 Å². The normalized spacial score (nSPS) is 17.7. The van der Waals surface area contributed by atoms with Crippen LogP contribution in [0.2, 0.25) is 0 Å². The number of nitrogens with one attached hydrogen (secondary N) is 2. The number of likely N-dealkylation sites (N-methyl/N-ethyl adjacent to an activating group) is 2. The monoisotopic (exact) mass is 513 g/mol. The molecule has 0 radical (unpaired) electrons. The molecule has 0 aliphatic carbocycles. The molecule has 0 bridgehead atoms. The number of halogens is 3. The predicted octanol–water partition coefficient (Wildman–Crippen LogP) is 5.05. The van der Waals surface area contributed by atoms with Crippen LogP contribution in [0.15, 0.2) is 36.5 Å². The predicted molar refractivity (Wildman–Crippen MR) is 139 cm³/mol. The summed E-state index contributed by atoms with van der Waals surface area (Å²) in [4.78, 5) is 18.8. The number of hydrogen-bond donors (Lipinski definition) is 2. The van der Waals surface area contributed by atoms with E-state index in [-0.39, 0.29) is 5.69 Å². The Hall–Kier alpha value is -3.31. The Balaban J connectivity index is 1.43. The highest BCUT2D eigenvalue weighted by atomic mass is 32.1. The molecule has 36 heavy (non-hydrogen) atoms. The first-order chi connectivity index (χ1) is 17.1. The van der Waals surface area contributed by atoms with Crippen LogP contribution in [-0.2, 0) is 12.6 Å². The SMILES string of the molecule is Cc1nc(N(C)C2CCN(C)C2)ccc1Nc1ncc2c(n1)-c1ccc(C(F)(F)F)cc1NC(=S)C2. The molecule has 0 spiro atoms. The number of pyridine rings is 1. The molecule has 1 fully saturated rings. The van der Waals surface area contributed by atoms with E-state index in [0.29, 0.717) is 34.7 Å². The van der Waals surface area contributed by atoms with E-state index in [9.17, 15) is 13.2 Å². The van der Waals surface area contributed by atoms with Crippen LogP contribution in [0.3, 0.4) is 0 Å². The lowest BCUT2D eigenvalue weighted by Crippen LogP contribution is -2.34. The van der Waals surface area contributed by atoms with Crippen molar-refractivity contribution in [2.24, 2.45) is 0 Å². The van der Waals surface area contributed by atoms with Gasteiger partial charge in [0.1, 0.15) is 5.82 Å². The molecule has 2 aliphatic rings. The first kappa shape index (κ1) is 24.4. The highest BCUT2D eigenvalue weighted by molar-refractivity contribution is 7.80. The molecular formula is C25H26F3N7S. The van der Waals surface area contributed by atoms with Crippen molar-refractivity contribution >= 4 is 40.3 Å². The van der Waals surface area contributed by atoms with Gasteiger partial charge in [-0.25, -0.2) is 15.0 Å². The topological polar surface area (TPSA) is 69.2 Å². The number of fused-ring (bicyclic) bond motifs is 3. The van der Waals surface area contributed by atoms with Crippen LogP contribution in [0.25, 0.3) is 11.3 Å². The fourth-order valence-electron chi connectivity index (χ4n) is 4.64. The molecule has 1 aromatic carbocycles. The highest BCUT2D eigenvalue weighted by Gasteiger charge is 2.32. The van der Waals surface area contributed by atoms with E-state index in [0.717, 1.165) is 54.4 Å². The van der Waals surface area contributed by atoms with Crippen molar-refractivity contribution in [1.29, 1.82) is 0 Å². The van der Waals surface area contributed by atoms with Crippen molar-refractivity contribution in [2.75, 3.05) is 42.7 Å². The van der Waals surface area contributed by atoms with Gasteiger partial charge in [-0.1, -0.05) is 18.3 Å². The summed E-state index contributed by atoms with van der Waals surface area (Å²) >= 11 is 5.34. The minimum atomic E-state index is -4.45. The number of anilines is 4. The Labute approximate surface area is 212 Å². The van der Waals surface area contributed by atoms with Crippen LogP contribution >= 0.6 is 12.2 Å². The summed E-state index contributed by atoms with van der Waals surface area (Å²) in [5, 5.41) is 6.15. The number of rotatable bonds is 4. The van der Waals surface area contributed by atoms with Gasteiger partial charge < -0.3 is 20.4 Å². The Kier molecular flexibility index (Phi) is 6.29. The fraction of sp³-hybridized carbons (Fsp3) is 0.360. The van der Waals surface area contributed by atoms with Crippen LogP contribution in [0.4, 0.5) is 36.3 Å². The quantitative estimate of drug-likeness (QED) is 0.470. The zero-order chi connectivity index (χ0) is 25.6. The van der Waals surface area contributed by atoms with Crippen LogP contribution in [0.5, 0.6) is 0 Å². The van der Waals surface area contributed by atoms with Crippen LogP contribution in [0.1, 0.15) is 23.2 Å². The number of alkyl halides is 3. The second-order valence-corrected chi connectivity index (χ2v) is 9.79. The summed E-state index contributed by atoms with van der Waals surface area (Å²) in [7, 11) is 4.19. The van der Waals surface area contributed by atoms with Crippen molar-refractivity contribution in [3.05, 3.63) is 53.3 Å². The average Bonchev–Trinajstić information content (AvgIpc) is 3.20. The zero-order valence-corrected chi connectivity index (χ0v) is 21.0. The zero-order valence-electron chi connectivity index (χ0n) is 20.1. The molecule has 5 rings (SSSR count). The minimum absolute atomic E-state index is 0.279. The smallest absolute Gasteiger partial charge is 0.355 e. The number of likely N-dealkylation sites (tertiary alicyclic amines) is 1. The Bertz CT molecular complexity index is 1330. The highest BCUT2D eigenvalue weighted by Crippen LogP contribution is 2.38. The fourth-order valence-corrected chi connectivity index (χ4v) is 4.90. The van der Waals surface area contributed by atoms with Gasteiger partial charge in [-0.3, -0.25) is 0 Å². The lowest BCUT2D eigenvalue weighted by Gasteiger charge is -2.26. The molecule has 2 N–H and O–H groups in total. The van der Waals surface area contributed by atoms with Crippen molar-refractivity contribution in [2.45, 2.75) is 32.0 Å². The van der Waals surface area contributed by atoms with E-state index in [4.69, 9.17) is 17.2 Å². The van der Waals surface area contributed by atoms with E-state index in [1.54, 1.807) is 6.20 Å². The summed E-state index contributed by atoms with van der Waals surface area (Å²) in [5.41, 5.74) is 2.90. The first-order valence-corrected chi connectivity index (χ1v) is 12.0. The number of hydrogen-bond acceptors (Lipinski definition) is 7. The van der Waals surface area contributed by atoms with Gasteiger partial charge in [-0.15, -0.1) is 0 Å². The molecule has 1 saturated heterocycles. The second kappa shape index (κ2) is 9.29. The van der Waals surface area contributed by atoms with Crippen molar-refractivity contribution < 1.29 is 13.2 Å². The number of thiocarbonyl (C=S) groups is 1. The van der Waals surface area contributed by atoms with Gasteiger partial charge in [0, 0.05) is 49.1 Å². The van der Waals surface area contributed by atoms with E-state index < -0.39 is 11.7 Å². The molecule has 188 valence electrons. The molecule has 3 aromatic rings. The van der Waals surface area contributed by atoms with E-state index in [1.807, 2.05) is 19.1 Å². The maximum Gasteiger partial charge on any atom is 0.416 e. The van der Waals surface area contributed by atoms with Gasteiger partial charge in [0.25, 0.3) is 0 Å². The van der Waals surface area contributed by atoms with Gasteiger partial charge >= 0.3 is 6.18 Å². The third-order valence-corrected chi connectivity index (χ3v) is 6.93. The summed E-state index contributed by atoms with van der Waals surface area (Å²) in [6.07, 6.45) is -1.36. The Morgan fingerprint density at radius 2 is 2.00 bits per heavy atom. The lowest BCUT2D eigenvalue weighted by atomic mass is 10.0. The van der Waals surface area contributed by atoms with E-state index in [2.05, 4.69) is 44.5 Å². The van der Waals surface area contributed by atoms with E-state index >= 15 is 0 Å². The molecular weight excluding hydrogens is 487 g/mol. The largest absolute Gasteiger partial charge is 0.416 e. The molecule has 0 amide bonds. The van der Waals surface area contributed by atoms with Gasteiger partial charge in [0.2, 0.25) is 5.95 Å². The molecule has 1 unspecified atom stereocenters. The van der Waals surface area contributed by atoms with Crippen molar-refractivity contribution in [1.82, 2.24) is 19.9 Å². The average molecular weight is 514 g/mol. The summed E-state index contributed by atoms with van der Waals surface area (Å²) in [6.45, 7) is 3.99. The maximum atomic E-state index is 13.3. The van der Waals surface area contributed by atoms with Gasteiger partial charge in [-0.2, -0.15) is 13.2 Å². The molecule has 2 aromatic heterocycles. The maximum absolute atomic E-state index is 13.3. The van der Waals surface area contributed by atoms with Gasteiger partial charge in [0.05, 0.1) is 27.6 Å².